The van der Waals surface area contributed by atoms with Gasteiger partial charge in [0.1, 0.15) is 0 Å². The Balaban J connectivity index is 0. The summed E-state index contributed by atoms with van der Waals surface area (Å²) >= 11 is 0. The number of hydrogen-bond acceptors (Lipinski definition) is 4. The van der Waals surface area contributed by atoms with E-state index >= 15 is 0 Å². The summed E-state index contributed by atoms with van der Waals surface area (Å²) in [5, 5.41) is 28.4. The summed E-state index contributed by atoms with van der Waals surface area (Å²) in [4.78, 5) is 8.36. The van der Waals surface area contributed by atoms with Crippen molar-refractivity contribution in [1.82, 2.24) is 0 Å². The van der Waals surface area contributed by atoms with E-state index in [4.69, 9.17) is 25.0 Å². The van der Waals surface area contributed by atoms with Gasteiger partial charge in [-0.3, -0.25) is 4.79 Å². The van der Waals surface area contributed by atoms with E-state index < -0.39 is 7.32 Å². The van der Waals surface area contributed by atoms with E-state index in [2.05, 4.69) is 0 Å². The van der Waals surface area contributed by atoms with Crippen LogP contribution in [0.1, 0.15) is 0 Å². The fourth-order valence-electron chi connectivity index (χ4n) is 0. The van der Waals surface area contributed by atoms with Crippen LogP contribution in [0.15, 0.2) is 0 Å². The molecule has 0 unspecified atom stereocenters. The van der Waals surface area contributed by atoms with Crippen molar-refractivity contribution in [3.8, 4) is 0 Å². The van der Waals surface area contributed by atoms with Gasteiger partial charge in [-0.05, 0) is 0 Å². The highest BCUT2D eigenvalue weighted by molar-refractivity contribution is 6.30. The molecular weight excluding hydrogens is 103 g/mol. The zero-order chi connectivity index (χ0) is 6.28. The lowest BCUT2D eigenvalue weighted by Crippen LogP contribution is -2.07. The zero-order valence-electron chi connectivity index (χ0n) is 3.35. The summed E-state index contributed by atoms with van der Waals surface area (Å²) < 4.78 is 0. The Labute approximate surface area is 40.0 Å². The van der Waals surface area contributed by atoms with Gasteiger partial charge in [-0.2, -0.15) is 0 Å². The molecule has 0 atom stereocenters. The fourth-order valence-corrected chi connectivity index (χ4v) is 0. The molecule has 0 saturated carbocycles. The molecule has 0 aliphatic carbocycles. The van der Waals surface area contributed by atoms with Crippen LogP contribution in [0.3, 0.4) is 0 Å². The van der Waals surface area contributed by atoms with Crippen LogP contribution in [0.25, 0.3) is 0 Å². The maximum Gasteiger partial charge on any atom is 0.631 e. The summed E-state index contributed by atoms with van der Waals surface area (Å²) in [7, 11) is -2.17. The molecule has 0 aliphatic rings. The Bertz CT molecular complexity index is 32.3. The van der Waals surface area contributed by atoms with Crippen LogP contribution >= 0.6 is 0 Å². The molecule has 5 nitrogen and oxygen atoms in total. The van der Waals surface area contributed by atoms with Crippen molar-refractivity contribution >= 4 is 13.8 Å². The summed E-state index contributed by atoms with van der Waals surface area (Å²) in [6.07, 6.45) is 0. The van der Waals surface area contributed by atoms with Gasteiger partial charge in [0.25, 0.3) is 6.47 Å². The maximum absolute atomic E-state index is 8.36. The first kappa shape index (κ1) is 9.65. The molecule has 6 heteroatoms. The van der Waals surface area contributed by atoms with Gasteiger partial charge < -0.3 is 20.2 Å². The Morgan fingerprint density at radius 3 is 1.29 bits per heavy atom. The summed E-state index contributed by atoms with van der Waals surface area (Å²) in [5.41, 5.74) is 0. The van der Waals surface area contributed by atoms with Crippen molar-refractivity contribution in [2.75, 3.05) is 0 Å². The van der Waals surface area contributed by atoms with Crippen molar-refractivity contribution in [2.24, 2.45) is 0 Å². The highest BCUT2D eigenvalue weighted by Gasteiger charge is 1.92. The van der Waals surface area contributed by atoms with Crippen LogP contribution in [-0.4, -0.2) is 34.0 Å². The molecule has 0 spiro atoms. The monoisotopic (exact) mass is 108 g/mol. The van der Waals surface area contributed by atoms with Crippen LogP contribution in [0.4, 0.5) is 0 Å². The van der Waals surface area contributed by atoms with Gasteiger partial charge in [-0.15, -0.1) is 0 Å². The summed E-state index contributed by atoms with van der Waals surface area (Å²) in [6.45, 7) is -0.250. The third-order valence-electron chi connectivity index (χ3n) is 0. The molecule has 0 aromatic carbocycles. The highest BCUT2D eigenvalue weighted by atomic mass is 16.5. The first-order chi connectivity index (χ1) is 3.15. The molecule has 0 amide bonds. The highest BCUT2D eigenvalue weighted by Crippen LogP contribution is 1.40. The van der Waals surface area contributed by atoms with Gasteiger partial charge in [0.2, 0.25) is 0 Å². The first-order valence-electron chi connectivity index (χ1n) is 1.27. The molecule has 0 bridgehead atoms. The maximum atomic E-state index is 8.36. The largest absolute Gasteiger partial charge is 0.631 e. The van der Waals surface area contributed by atoms with Crippen molar-refractivity contribution in [3.05, 3.63) is 0 Å². The standard InChI is InChI=1S/CH2O2.BH3O3/c2-1-3;2-1(3)4/h1H,(H,2,3);2-4H. The van der Waals surface area contributed by atoms with Crippen LogP contribution in [-0.2, 0) is 4.79 Å². The number of carbonyl (C=O) groups is 1. The SMILES string of the molecule is O=CO.OB(O)O. The molecule has 0 rings (SSSR count). The number of carboxylic acid groups (broad SMARTS) is 1. The van der Waals surface area contributed by atoms with Crippen molar-refractivity contribution < 1.29 is 25.0 Å². The second-order valence-corrected chi connectivity index (χ2v) is 0.452. The molecular formula is CH5BO5. The van der Waals surface area contributed by atoms with Gasteiger partial charge in [0.15, 0.2) is 0 Å². The van der Waals surface area contributed by atoms with E-state index in [1.807, 2.05) is 0 Å². The van der Waals surface area contributed by atoms with Crippen molar-refractivity contribution in [3.63, 3.8) is 0 Å². The molecule has 0 aromatic heterocycles. The minimum Gasteiger partial charge on any atom is -0.483 e. The minimum absolute atomic E-state index is 0.250. The summed E-state index contributed by atoms with van der Waals surface area (Å²) in [5.74, 6) is 0. The predicted octanol–water partition coefficient (Wildman–Crippen LogP) is -2.35. The third kappa shape index (κ3) is 184. The molecule has 7 heavy (non-hydrogen) atoms. The number of hydrogen-bond donors (Lipinski definition) is 4. The lowest BCUT2D eigenvalue weighted by molar-refractivity contribution is -0.122. The number of rotatable bonds is 0. The van der Waals surface area contributed by atoms with Crippen LogP contribution in [0.5, 0.6) is 0 Å². The van der Waals surface area contributed by atoms with Gasteiger partial charge in [-0.1, -0.05) is 0 Å². The molecule has 0 saturated heterocycles. The quantitative estimate of drug-likeness (QED) is 0.205. The van der Waals surface area contributed by atoms with Crippen LogP contribution in [0, 0.1) is 0 Å². The van der Waals surface area contributed by atoms with Gasteiger partial charge in [-0.25, -0.2) is 0 Å². The second kappa shape index (κ2) is 9.05. The first-order valence-corrected chi connectivity index (χ1v) is 1.27. The van der Waals surface area contributed by atoms with Gasteiger partial charge in [0, 0.05) is 0 Å². The molecule has 0 radical (unpaired) electrons. The fraction of sp³-hybridized carbons (Fsp3) is 0. The minimum atomic E-state index is -2.17. The van der Waals surface area contributed by atoms with E-state index in [-0.39, 0.29) is 6.47 Å². The van der Waals surface area contributed by atoms with Gasteiger partial charge >= 0.3 is 7.32 Å². The normalized spacial score (nSPS) is 5.57. The lowest BCUT2D eigenvalue weighted by atomic mass is 10.3. The van der Waals surface area contributed by atoms with E-state index in [1.165, 1.54) is 0 Å². The smallest absolute Gasteiger partial charge is 0.483 e. The molecule has 42 valence electrons. The topological polar surface area (TPSA) is 98.0 Å². The predicted molar refractivity (Wildman–Crippen MR) is 21.1 cm³/mol. The van der Waals surface area contributed by atoms with Gasteiger partial charge in [0.05, 0.1) is 0 Å². The van der Waals surface area contributed by atoms with Crippen molar-refractivity contribution in [2.45, 2.75) is 0 Å². The lowest BCUT2D eigenvalue weighted by Gasteiger charge is -1.69. The Hall–Kier alpha value is -0.585. The van der Waals surface area contributed by atoms with Crippen LogP contribution < -0.4 is 0 Å². The average molecular weight is 108 g/mol. The Morgan fingerprint density at radius 1 is 1.29 bits per heavy atom. The Morgan fingerprint density at radius 2 is 1.29 bits per heavy atom. The molecule has 0 fully saturated rings. The second-order valence-electron chi connectivity index (χ2n) is 0.452. The molecule has 0 heterocycles. The zero-order valence-corrected chi connectivity index (χ0v) is 3.35. The van der Waals surface area contributed by atoms with E-state index in [1.54, 1.807) is 0 Å². The van der Waals surface area contributed by atoms with E-state index in [9.17, 15) is 0 Å². The molecule has 0 aliphatic heterocycles. The molecule has 0 aromatic rings. The molecule has 4 N–H and O–H groups in total. The average Bonchev–Trinajstić information content (AvgIpc) is 1.33. The summed E-state index contributed by atoms with van der Waals surface area (Å²) in [6, 6.07) is 0. The van der Waals surface area contributed by atoms with Crippen molar-refractivity contribution in [1.29, 1.82) is 0 Å². The van der Waals surface area contributed by atoms with Crippen LogP contribution in [0.2, 0.25) is 0 Å². The van der Waals surface area contributed by atoms with E-state index in [0.29, 0.717) is 0 Å². The Kier molecular flexibility index (Phi) is 12.5. The third-order valence-corrected chi connectivity index (χ3v) is 0. The van der Waals surface area contributed by atoms with E-state index in [0.717, 1.165) is 0 Å².